The zero-order chi connectivity index (χ0) is 15.5. The van der Waals surface area contributed by atoms with E-state index in [1.807, 2.05) is 37.4 Å². The van der Waals surface area contributed by atoms with Gasteiger partial charge in [0.1, 0.15) is 5.82 Å². The van der Waals surface area contributed by atoms with Gasteiger partial charge in [0, 0.05) is 29.2 Å². The summed E-state index contributed by atoms with van der Waals surface area (Å²) in [6.45, 7) is 2.53. The zero-order valence-corrected chi connectivity index (χ0v) is 12.3. The number of fused-ring (bicyclic) bond motifs is 1. The first-order valence-corrected chi connectivity index (χ1v) is 7.24. The molecule has 0 aliphatic rings. The van der Waals surface area contributed by atoms with Crippen molar-refractivity contribution >= 4 is 16.8 Å². The van der Waals surface area contributed by atoms with Crippen LogP contribution >= 0.6 is 0 Å². The average Bonchev–Trinajstić information content (AvgIpc) is 2.90. The van der Waals surface area contributed by atoms with Gasteiger partial charge in [-0.15, -0.1) is 0 Å². The van der Waals surface area contributed by atoms with Crippen LogP contribution in [0.5, 0.6) is 0 Å². The number of hydrogen-bond donors (Lipinski definition) is 2. The molecule has 2 aromatic carbocycles. The van der Waals surface area contributed by atoms with Gasteiger partial charge < -0.3 is 10.3 Å². The summed E-state index contributed by atoms with van der Waals surface area (Å²) < 4.78 is 13.1. The summed E-state index contributed by atoms with van der Waals surface area (Å²) in [5.74, 6) is -0.334. The number of aryl methyl sites for hydroxylation is 1. The summed E-state index contributed by atoms with van der Waals surface area (Å²) in [6, 6.07) is 12.2. The van der Waals surface area contributed by atoms with Gasteiger partial charge in [-0.2, -0.15) is 0 Å². The smallest absolute Gasteiger partial charge is 0.251 e. The predicted octanol–water partition coefficient (Wildman–Crippen LogP) is 3.59. The highest BCUT2D eigenvalue weighted by Crippen LogP contribution is 2.19. The number of rotatable bonds is 4. The number of carbonyl (C=O) groups is 1. The Morgan fingerprint density at radius 1 is 1.18 bits per heavy atom. The highest BCUT2D eigenvalue weighted by molar-refractivity contribution is 5.94. The maximum atomic E-state index is 13.1. The van der Waals surface area contributed by atoms with Crippen molar-refractivity contribution in [2.75, 3.05) is 6.54 Å². The summed E-state index contributed by atoms with van der Waals surface area (Å²) >= 11 is 0. The molecule has 0 fully saturated rings. The second-order valence-corrected chi connectivity index (χ2v) is 5.38. The van der Waals surface area contributed by atoms with Crippen LogP contribution in [0, 0.1) is 12.7 Å². The van der Waals surface area contributed by atoms with Gasteiger partial charge >= 0.3 is 0 Å². The van der Waals surface area contributed by atoms with Gasteiger partial charge in [-0.25, -0.2) is 4.39 Å². The van der Waals surface area contributed by atoms with E-state index >= 15 is 0 Å². The van der Waals surface area contributed by atoms with Crippen molar-refractivity contribution in [1.82, 2.24) is 10.3 Å². The van der Waals surface area contributed by atoms with Crippen molar-refractivity contribution in [2.24, 2.45) is 0 Å². The van der Waals surface area contributed by atoms with Gasteiger partial charge in [0.15, 0.2) is 0 Å². The minimum atomic E-state index is -0.256. The molecule has 0 saturated heterocycles. The molecular weight excluding hydrogens is 279 g/mol. The minimum Gasteiger partial charge on any atom is -0.361 e. The van der Waals surface area contributed by atoms with E-state index in [-0.39, 0.29) is 11.7 Å². The number of amides is 1. The maximum absolute atomic E-state index is 13.1. The van der Waals surface area contributed by atoms with Gasteiger partial charge in [-0.1, -0.05) is 17.7 Å². The fourth-order valence-electron chi connectivity index (χ4n) is 2.48. The Labute approximate surface area is 128 Å². The van der Waals surface area contributed by atoms with Crippen LogP contribution in [0.15, 0.2) is 48.7 Å². The largest absolute Gasteiger partial charge is 0.361 e. The highest BCUT2D eigenvalue weighted by Gasteiger charge is 2.07. The Kier molecular flexibility index (Phi) is 3.92. The van der Waals surface area contributed by atoms with Crippen LogP contribution in [0.25, 0.3) is 10.9 Å². The average molecular weight is 296 g/mol. The molecule has 2 N–H and O–H groups in total. The van der Waals surface area contributed by atoms with E-state index in [0.717, 1.165) is 22.0 Å². The molecule has 0 unspecified atom stereocenters. The monoisotopic (exact) mass is 296 g/mol. The quantitative estimate of drug-likeness (QED) is 0.759. The second-order valence-electron chi connectivity index (χ2n) is 5.38. The first-order valence-electron chi connectivity index (χ1n) is 7.24. The molecule has 1 aromatic heterocycles. The molecule has 0 spiro atoms. The molecule has 0 bridgehead atoms. The normalized spacial score (nSPS) is 10.8. The van der Waals surface area contributed by atoms with Gasteiger partial charge in [0.25, 0.3) is 5.91 Å². The third kappa shape index (κ3) is 3.01. The second kappa shape index (κ2) is 6.02. The third-order valence-corrected chi connectivity index (χ3v) is 3.72. The Bertz CT molecular complexity index is 806. The van der Waals surface area contributed by atoms with Crippen LogP contribution in [0.3, 0.4) is 0 Å². The van der Waals surface area contributed by atoms with Gasteiger partial charge in [0.05, 0.1) is 0 Å². The van der Waals surface area contributed by atoms with Gasteiger partial charge in [-0.3, -0.25) is 4.79 Å². The number of benzene rings is 2. The molecular formula is C18H17FN2O. The number of H-pyrrole nitrogens is 1. The Balaban J connectivity index is 1.62. The summed E-state index contributed by atoms with van der Waals surface area (Å²) in [4.78, 5) is 15.1. The lowest BCUT2D eigenvalue weighted by Gasteiger charge is -2.05. The summed E-state index contributed by atoms with van der Waals surface area (Å²) in [5.41, 5.74) is 3.63. The Hall–Kier alpha value is -2.62. The molecule has 4 heteroatoms. The fraction of sp³-hybridized carbons (Fsp3) is 0.167. The van der Waals surface area contributed by atoms with Crippen LogP contribution < -0.4 is 5.32 Å². The highest BCUT2D eigenvalue weighted by atomic mass is 19.1. The minimum absolute atomic E-state index is 0.0779. The molecule has 3 rings (SSSR count). The molecule has 3 nitrogen and oxygen atoms in total. The lowest BCUT2D eigenvalue weighted by molar-refractivity contribution is 0.0954. The lowest BCUT2D eigenvalue weighted by atomic mass is 10.1. The van der Waals surface area contributed by atoms with Crippen molar-refractivity contribution in [3.63, 3.8) is 0 Å². The van der Waals surface area contributed by atoms with E-state index in [1.165, 1.54) is 12.1 Å². The van der Waals surface area contributed by atoms with Crippen LogP contribution in [0.2, 0.25) is 0 Å². The molecule has 0 atom stereocenters. The van der Waals surface area contributed by atoms with Crippen LogP contribution in [-0.4, -0.2) is 17.4 Å². The fourth-order valence-corrected chi connectivity index (χ4v) is 2.48. The first kappa shape index (κ1) is 14.3. The van der Waals surface area contributed by atoms with E-state index in [0.29, 0.717) is 18.5 Å². The standard InChI is InChI=1S/C18H17FN2O/c1-12-2-4-13(5-3-12)18(22)20-9-8-14-11-21-17-10-15(19)6-7-16(14)17/h2-7,10-11,21H,8-9H2,1H3,(H,20,22). The topological polar surface area (TPSA) is 44.9 Å². The van der Waals surface area contributed by atoms with Crippen LogP contribution in [0.4, 0.5) is 4.39 Å². The molecule has 0 aliphatic carbocycles. The van der Waals surface area contributed by atoms with E-state index in [9.17, 15) is 9.18 Å². The van der Waals surface area contributed by atoms with Crippen molar-refractivity contribution in [1.29, 1.82) is 0 Å². The molecule has 0 saturated carbocycles. The Morgan fingerprint density at radius 3 is 2.73 bits per heavy atom. The van der Waals surface area contributed by atoms with Crippen LogP contribution in [-0.2, 0) is 6.42 Å². The number of aromatic amines is 1. The molecule has 112 valence electrons. The number of hydrogen-bond acceptors (Lipinski definition) is 1. The van der Waals surface area contributed by atoms with Crippen molar-refractivity contribution in [2.45, 2.75) is 13.3 Å². The van der Waals surface area contributed by atoms with Gasteiger partial charge in [0.2, 0.25) is 0 Å². The van der Waals surface area contributed by atoms with E-state index in [1.54, 1.807) is 6.07 Å². The maximum Gasteiger partial charge on any atom is 0.251 e. The predicted molar refractivity (Wildman–Crippen MR) is 85.5 cm³/mol. The van der Waals surface area contributed by atoms with Crippen molar-refractivity contribution in [3.8, 4) is 0 Å². The number of nitrogens with one attached hydrogen (secondary N) is 2. The van der Waals surface area contributed by atoms with Gasteiger partial charge in [-0.05, 0) is 49.2 Å². The zero-order valence-electron chi connectivity index (χ0n) is 12.3. The van der Waals surface area contributed by atoms with E-state index in [4.69, 9.17) is 0 Å². The Morgan fingerprint density at radius 2 is 1.95 bits per heavy atom. The number of carbonyl (C=O) groups excluding carboxylic acids is 1. The summed E-state index contributed by atoms with van der Waals surface area (Å²) in [7, 11) is 0. The summed E-state index contributed by atoms with van der Waals surface area (Å²) in [5, 5.41) is 3.90. The molecule has 3 aromatic rings. The molecule has 1 heterocycles. The summed E-state index contributed by atoms with van der Waals surface area (Å²) in [6.07, 6.45) is 2.56. The lowest BCUT2D eigenvalue weighted by Crippen LogP contribution is -2.25. The van der Waals surface area contributed by atoms with Crippen molar-refractivity contribution < 1.29 is 9.18 Å². The number of aromatic nitrogens is 1. The SMILES string of the molecule is Cc1ccc(C(=O)NCCc2c[nH]c3cc(F)ccc23)cc1. The molecule has 0 aliphatic heterocycles. The molecule has 22 heavy (non-hydrogen) atoms. The third-order valence-electron chi connectivity index (χ3n) is 3.72. The molecule has 1 amide bonds. The van der Waals surface area contributed by atoms with Crippen molar-refractivity contribution in [3.05, 3.63) is 71.2 Å². The van der Waals surface area contributed by atoms with E-state index < -0.39 is 0 Å². The van der Waals surface area contributed by atoms with E-state index in [2.05, 4.69) is 10.3 Å². The number of halogens is 1. The first-order chi connectivity index (χ1) is 10.6. The molecule has 0 radical (unpaired) electrons. The van der Waals surface area contributed by atoms with Crippen LogP contribution in [0.1, 0.15) is 21.5 Å².